The Morgan fingerprint density at radius 3 is 2.45 bits per heavy atom. The Hall–Kier alpha value is -2.86. The highest BCUT2D eigenvalue weighted by Gasteiger charge is 2.30. The molecular weight excluding hydrogens is 384 g/mol. The number of nitrogens with one attached hydrogen (secondary N) is 1. The molecule has 3 rings (SSSR count). The first-order valence-corrected chi connectivity index (χ1v) is 11.3. The lowest BCUT2D eigenvalue weighted by Gasteiger charge is -2.29. The zero-order chi connectivity index (χ0) is 21.2. The molecule has 0 fully saturated rings. The van der Waals surface area contributed by atoms with Crippen molar-refractivity contribution in [2.24, 2.45) is 0 Å². The molecule has 0 heterocycles. The van der Waals surface area contributed by atoms with Gasteiger partial charge in [0.25, 0.3) is 0 Å². The van der Waals surface area contributed by atoms with Gasteiger partial charge < -0.3 is 5.32 Å². The fourth-order valence-electron chi connectivity index (χ4n) is 3.51. The van der Waals surface area contributed by atoms with Crippen LogP contribution in [-0.2, 0) is 21.4 Å². The fraction of sp³-hybridized carbons (Fsp3) is 0.261. The van der Waals surface area contributed by atoms with Crippen molar-refractivity contribution in [1.29, 1.82) is 0 Å². The van der Waals surface area contributed by atoms with Gasteiger partial charge in [0.1, 0.15) is 6.04 Å². The molecule has 5 nitrogen and oxygen atoms in total. The summed E-state index contributed by atoms with van der Waals surface area (Å²) in [5.74, 6) is -0.343. The molecular formula is C23H26N2O3S. The van der Waals surface area contributed by atoms with Gasteiger partial charge in [-0.15, -0.1) is 0 Å². The number of nitrogens with zero attached hydrogens (tertiary/aromatic N) is 1. The summed E-state index contributed by atoms with van der Waals surface area (Å²) in [5.41, 5.74) is 3.25. The van der Waals surface area contributed by atoms with Crippen LogP contribution in [0.1, 0.15) is 23.6 Å². The third-order valence-electron chi connectivity index (χ3n) is 5.02. The van der Waals surface area contributed by atoms with E-state index >= 15 is 0 Å². The van der Waals surface area contributed by atoms with E-state index in [4.69, 9.17) is 0 Å². The highest BCUT2D eigenvalue weighted by Crippen LogP contribution is 2.26. The number of amides is 1. The number of hydrogen-bond donors (Lipinski definition) is 1. The number of carbonyl (C=O) groups is 1. The molecule has 1 atom stereocenters. The van der Waals surface area contributed by atoms with Crippen molar-refractivity contribution < 1.29 is 13.2 Å². The molecule has 3 aromatic carbocycles. The van der Waals surface area contributed by atoms with E-state index in [1.165, 1.54) is 4.31 Å². The SMILES string of the molecule is Cc1ccc(C)c(N(C(C)C(=O)NCc2cccc3ccccc23)S(C)(=O)=O)c1. The average molecular weight is 411 g/mol. The lowest BCUT2D eigenvalue weighted by atomic mass is 10.0. The lowest BCUT2D eigenvalue weighted by molar-refractivity contribution is -0.122. The minimum absolute atomic E-state index is 0.328. The minimum Gasteiger partial charge on any atom is -0.350 e. The van der Waals surface area contributed by atoms with E-state index in [1.54, 1.807) is 13.0 Å². The summed E-state index contributed by atoms with van der Waals surface area (Å²) in [7, 11) is -3.65. The third-order valence-corrected chi connectivity index (χ3v) is 6.25. The Balaban J connectivity index is 1.85. The maximum absolute atomic E-state index is 12.9. The number of sulfonamides is 1. The maximum Gasteiger partial charge on any atom is 0.243 e. The van der Waals surface area contributed by atoms with Crippen molar-refractivity contribution in [1.82, 2.24) is 5.32 Å². The molecule has 152 valence electrons. The van der Waals surface area contributed by atoms with Crippen molar-refractivity contribution in [2.75, 3.05) is 10.6 Å². The number of carbonyl (C=O) groups excluding carboxylic acids is 1. The van der Waals surface area contributed by atoms with Crippen LogP contribution in [0.4, 0.5) is 5.69 Å². The van der Waals surface area contributed by atoms with Gasteiger partial charge in [0.15, 0.2) is 0 Å². The largest absolute Gasteiger partial charge is 0.350 e. The molecule has 0 radical (unpaired) electrons. The third kappa shape index (κ3) is 4.59. The second-order valence-electron chi connectivity index (χ2n) is 7.38. The average Bonchev–Trinajstić information content (AvgIpc) is 2.67. The molecule has 0 aliphatic carbocycles. The van der Waals surface area contributed by atoms with Crippen LogP contribution in [0.5, 0.6) is 0 Å². The number of aryl methyl sites for hydroxylation is 2. The van der Waals surface area contributed by atoms with Crippen molar-refractivity contribution >= 4 is 32.4 Å². The van der Waals surface area contributed by atoms with Gasteiger partial charge in [0.2, 0.25) is 15.9 Å². The number of benzene rings is 3. The fourth-order valence-corrected chi connectivity index (χ4v) is 4.74. The van der Waals surface area contributed by atoms with Crippen molar-refractivity contribution in [3.05, 3.63) is 77.4 Å². The van der Waals surface area contributed by atoms with E-state index in [1.807, 2.05) is 68.4 Å². The van der Waals surface area contributed by atoms with Gasteiger partial charge in [0, 0.05) is 6.54 Å². The summed E-state index contributed by atoms with van der Waals surface area (Å²) in [6.45, 7) is 5.68. The Bertz CT molecular complexity index is 1150. The molecule has 1 N–H and O–H groups in total. The highest BCUT2D eigenvalue weighted by molar-refractivity contribution is 7.92. The molecule has 0 aromatic heterocycles. The monoisotopic (exact) mass is 410 g/mol. The molecule has 0 saturated heterocycles. The first-order chi connectivity index (χ1) is 13.7. The topological polar surface area (TPSA) is 66.5 Å². The van der Waals surface area contributed by atoms with Crippen LogP contribution in [0, 0.1) is 13.8 Å². The summed E-state index contributed by atoms with van der Waals surface area (Å²) in [4.78, 5) is 12.9. The van der Waals surface area contributed by atoms with Crippen LogP contribution in [0.25, 0.3) is 10.8 Å². The number of rotatable bonds is 6. The van der Waals surface area contributed by atoms with Gasteiger partial charge in [-0.3, -0.25) is 9.10 Å². The second-order valence-corrected chi connectivity index (χ2v) is 9.24. The van der Waals surface area contributed by atoms with E-state index in [0.29, 0.717) is 12.2 Å². The van der Waals surface area contributed by atoms with Gasteiger partial charge in [-0.25, -0.2) is 8.42 Å². The molecule has 6 heteroatoms. The zero-order valence-electron chi connectivity index (χ0n) is 17.1. The van der Waals surface area contributed by atoms with Crippen molar-refractivity contribution in [3.63, 3.8) is 0 Å². The van der Waals surface area contributed by atoms with Gasteiger partial charge in [-0.2, -0.15) is 0 Å². The van der Waals surface area contributed by atoms with E-state index in [0.717, 1.165) is 33.7 Å². The highest BCUT2D eigenvalue weighted by atomic mass is 32.2. The van der Waals surface area contributed by atoms with E-state index in [9.17, 15) is 13.2 Å². The second kappa shape index (κ2) is 8.25. The molecule has 0 spiro atoms. The molecule has 3 aromatic rings. The summed E-state index contributed by atoms with van der Waals surface area (Å²) in [6, 6.07) is 18.6. The lowest BCUT2D eigenvalue weighted by Crippen LogP contribution is -2.48. The van der Waals surface area contributed by atoms with Crippen molar-refractivity contribution in [2.45, 2.75) is 33.4 Å². The maximum atomic E-state index is 12.9. The Kier molecular flexibility index (Phi) is 5.94. The molecule has 1 amide bonds. The standard InChI is InChI=1S/C23H26N2O3S/c1-16-12-13-17(2)22(14-16)25(29(4,27)28)18(3)23(26)24-15-20-10-7-9-19-8-5-6-11-21(19)20/h5-14,18H,15H2,1-4H3,(H,24,26). The van der Waals surface area contributed by atoms with E-state index in [2.05, 4.69) is 5.32 Å². The summed E-state index contributed by atoms with van der Waals surface area (Å²) >= 11 is 0. The van der Waals surface area contributed by atoms with E-state index in [-0.39, 0.29) is 5.91 Å². The smallest absolute Gasteiger partial charge is 0.243 e. The first kappa shape index (κ1) is 20.9. The number of fused-ring (bicyclic) bond motifs is 1. The van der Waals surface area contributed by atoms with Crippen LogP contribution in [0.15, 0.2) is 60.7 Å². The van der Waals surface area contributed by atoms with Crippen LogP contribution in [0.3, 0.4) is 0 Å². The Labute approximate surface area is 172 Å². The number of hydrogen-bond acceptors (Lipinski definition) is 3. The van der Waals surface area contributed by atoms with Gasteiger partial charge >= 0.3 is 0 Å². The molecule has 29 heavy (non-hydrogen) atoms. The Morgan fingerprint density at radius 2 is 1.72 bits per heavy atom. The van der Waals surface area contributed by atoms with Crippen LogP contribution in [-0.4, -0.2) is 26.6 Å². The van der Waals surface area contributed by atoms with Gasteiger partial charge in [-0.05, 0) is 54.3 Å². The zero-order valence-corrected chi connectivity index (χ0v) is 18.0. The molecule has 0 aliphatic rings. The molecule has 1 unspecified atom stereocenters. The van der Waals surface area contributed by atoms with E-state index < -0.39 is 16.1 Å². The quantitative estimate of drug-likeness (QED) is 0.670. The van der Waals surface area contributed by atoms with Crippen LogP contribution >= 0.6 is 0 Å². The predicted octanol–water partition coefficient (Wildman–Crippen LogP) is 3.93. The molecule has 0 bridgehead atoms. The van der Waals surface area contributed by atoms with Crippen LogP contribution < -0.4 is 9.62 Å². The normalized spacial score (nSPS) is 12.6. The first-order valence-electron chi connectivity index (χ1n) is 9.49. The van der Waals surface area contributed by atoms with Crippen molar-refractivity contribution in [3.8, 4) is 0 Å². The minimum atomic E-state index is -3.65. The Morgan fingerprint density at radius 1 is 1.03 bits per heavy atom. The molecule has 0 aliphatic heterocycles. The van der Waals surface area contributed by atoms with Gasteiger partial charge in [-0.1, -0.05) is 54.6 Å². The summed E-state index contributed by atoms with van der Waals surface area (Å²) in [5, 5.41) is 5.07. The number of anilines is 1. The molecule has 0 saturated carbocycles. The predicted molar refractivity (Wildman–Crippen MR) is 118 cm³/mol. The summed E-state index contributed by atoms with van der Waals surface area (Å²) < 4.78 is 26.3. The van der Waals surface area contributed by atoms with Crippen LogP contribution in [0.2, 0.25) is 0 Å². The van der Waals surface area contributed by atoms with Gasteiger partial charge in [0.05, 0.1) is 11.9 Å². The summed E-state index contributed by atoms with van der Waals surface area (Å²) in [6.07, 6.45) is 1.13.